The van der Waals surface area contributed by atoms with Gasteiger partial charge in [-0.2, -0.15) is 8.78 Å². The first-order valence-corrected chi connectivity index (χ1v) is 3.77. The van der Waals surface area contributed by atoms with Crippen LogP contribution >= 0.6 is 0 Å². The fraction of sp³-hybridized carbons (Fsp3) is 0.200. The van der Waals surface area contributed by atoms with Crippen LogP contribution in [0.25, 0.3) is 11.0 Å². The Balaban J connectivity index is 2.71. The number of para-hydroxylation sites is 1. The first-order chi connectivity index (χ1) is 6.88. The third-order valence-corrected chi connectivity index (χ3v) is 1.72. The summed E-state index contributed by atoms with van der Waals surface area (Å²) in [7, 11) is 0. The van der Waals surface area contributed by atoms with Gasteiger partial charge in [-0.1, -0.05) is 18.2 Å². The van der Waals surface area contributed by atoms with Crippen LogP contribution in [0, 0.1) is 0 Å². The van der Waals surface area contributed by atoms with Crippen LogP contribution in [0.4, 0.5) is 8.78 Å². The van der Waals surface area contributed by atoms with Gasteiger partial charge in [0.2, 0.25) is 0 Å². The summed E-state index contributed by atoms with van der Waals surface area (Å²) in [5.41, 5.74) is 0.0996. The lowest BCUT2D eigenvalue weighted by Gasteiger charge is -2.03. The van der Waals surface area contributed by atoms with Crippen LogP contribution in [0.1, 0.15) is 15.4 Å². The second-order valence-corrected chi connectivity index (χ2v) is 2.88. The largest absolute Gasteiger partial charge is 0.455 e. The van der Waals surface area contributed by atoms with Crippen molar-refractivity contribution in [2.75, 3.05) is 0 Å². The Labute approximate surface area is 76.8 Å². The number of rotatable bonds is 1. The Morgan fingerprint density at radius 1 is 1.54 bits per heavy atom. The number of furan rings is 1. The maximum atomic E-state index is 12.9. The Morgan fingerprint density at radius 3 is 3.00 bits per heavy atom. The van der Waals surface area contributed by atoms with Gasteiger partial charge in [0.05, 0.1) is 2.74 Å². The van der Waals surface area contributed by atoms with Crippen molar-refractivity contribution < 1.29 is 15.9 Å². The highest BCUT2D eigenvalue weighted by atomic mass is 19.3. The number of fused-ring (bicyclic) bond motifs is 1. The van der Waals surface area contributed by atoms with E-state index in [1.807, 2.05) is 0 Å². The van der Waals surface area contributed by atoms with Crippen molar-refractivity contribution in [1.82, 2.24) is 0 Å². The molecule has 0 saturated heterocycles. The average molecular weight is 184 g/mol. The third kappa shape index (κ3) is 1.41. The first-order valence-electron chi connectivity index (χ1n) is 4.77. The van der Waals surface area contributed by atoms with Crippen LogP contribution in [0.3, 0.4) is 0 Å². The summed E-state index contributed by atoms with van der Waals surface area (Å²) in [5, 5.41) is 0.365. The topological polar surface area (TPSA) is 13.1 Å². The molecule has 0 atom stereocenters. The molecule has 68 valence electrons. The lowest BCUT2D eigenvalue weighted by molar-refractivity contribution is -0.00382. The molecule has 13 heavy (non-hydrogen) atoms. The smallest absolute Gasteiger partial charge is 0.301 e. The maximum absolute atomic E-state index is 12.9. The molecule has 0 fully saturated rings. The summed E-state index contributed by atoms with van der Waals surface area (Å²) in [6.45, 7) is 0.732. The average Bonchev–Trinajstić information content (AvgIpc) is 2.46. The lowest BCUT2D eigenvalue weighted by atomic mass is 10.2. The number of hydrogen-bond acceptors (Lipinski definition) is 1. The summed E-state index contributed by atoms with van der Waals surface area (Å²) in [4.78, 5) is 0. The monoisotopic (exact) mass is 184 g/mol. The molecule has 0 radical (unpaired) electrons. The van der Waals surface area contributed by atoms with Gasteiger partial charge in [0.15, 0.2) is 5.76 Å². The van der Waals surface area contributed by atoms with Gasteiger partial charge < -0.3 is 4.42 Å². The van der Waals surface area contributed by atoms with Crippen molar-refractivity contribution >= 4 is 11.0 Å². The minimum Gasteiger partial charge on any atom is -0.455 e. The van der Waals surface area contributed by atoms with Gasteiger partial charge in [-0.3, -0.25) is 0 Å². The molecule has 1 aromatic carbocycles. The minimum absolute atomic E-state index is 0.0481. The summed E-state index contributed by atoms with van der Waals surface area (Å²) in [5.74, 6) is -3.54. The summed E-state index contributed by atoms with van der Waals surface area (Å²) in [6.07, 6.45) is 0. The predicted octanol–water partition coefficient (Wildman–Crippen LogP) is 3.54. The zero-order valence-corrected chi connectivity index (χ0v) is 6.90. The normalized spacial score (nSPS) is 14.4. The summed E-state index contributed by atoms with van der Waals surface area (Å²) < 4.78 is 45.5. The molecular weight excluding hydrogens is 174 g/mol. The fourth-order valence-electron chi connectivity index (χ4n) is 1.08. The van der Waals surface area contributed by atoms with Crippen molar-refractivity contribution in [3.05, 3.63) is 36.0 Å². The van der Waals surface area contributed by atoms with Crippen LogP contribution in [0.5, 0.6) is 0 Å². The standard InChI is InChI=1S/C10H8F2O/c1-10(11,12)9-6-7-4-2-3-5-8(7)13-9/h2-6H,1H3/i2D,5D. The van der Waals surface area contributed by atoms with E-state index < -0.39 is 11.7 Å². The van der Waals surface area contributed by atoms with E-state index in [4.69, 9.17) is 7.16 Å². The fourth-order valence-corrected chi connectivity index (χ4v) is 1.08. The molecule has 0 N–H and O–H groups in total. The van der Waals surface area contributed by atoms with E-state index in [1.165, 1.54) is 18.2 Å². The highest BCUT2D eigenvalue weighted by Gasteiger charge is 2.28. The summed E-state index contributed by atoms with van der Waals surface area (Å²) >= 11 is 0. The maximum Gasteiger partial charge on any atom is 0.301 e. The van der Waals surface area contributed by atoms with Crippen molar-refractivity contribution in [2.24, 2.45) is 0 Å². The van der Waals surface area contributed by atoms with Gasteiger partial charge in [-0.05, 0) is 12.1 Å². The van der Waals surface area contributed by atoms with Crippen LogP contribution in [-0.4, -0.2) is 0 Å². The molecule has 0 spiro atoms. The minimum atomic E-state index is -3.06. The Bertz CT molecular complexity index is 514. The van der Waals surface area contributed by atoms with Gasteiger partial charge in [0, 0.05) is 12.3 Å². The zero-order chi connectivity index (χ0) is 11.2. The predicted molar refractivity (Wildman–Crippen MR) is 45.8 cm³/mol. The van der Waals surface area contributed by atoms with E-state index in [0.29, 0.717) is 5.39 Å². The first kappa shape index (κ1) is 6.13. The molecule has 1 heterocycles. The number of hydrogen-bond donors (Lipinski definition) is 0. The van der Waals surface area contributed by atoms with Gasteiger partial charge in [0.1, 0.15) is 5.58 Å². The molecular formula is C10H8F2O. The van der Waals surface area contributed by atoms with Crippen LogP contribution < -0.4 is 0 Å². The van der Waals surface area contributed by atoms with E-state index in [1.54, 1.807) is 0 Å². The molecule has 0 bridgehead atoms. The molecule has 0 amide bonds. The van der Waals surface area contributed by atoms with Crippen molar-refractivity contribution in [3.63, 3.8) is 0 Å². The Kier molecular flexibility index (Phi) is 1.20. The highest BCUT2D eigenvalue weighted by Crippen LogP contribution is 2.31. The number of halogens is 2. The molecule has 1 nitrogen and oxygen atoms in total. The molecule has 0 saturated carbocycles. The SMILES string of the molecule is [2H]c1cc([2H])c2oc(C(C)(F)F)cc2c1. The second kappa shape index (κ2) is 2.55. The number of benzene rings is 1. The van der Waals surface area contributed by atoms with Gasteiger partial charge in [0.25, 0.3) is 0 Å². The van der Waals surface area contributed by atoms with Gasteiger partial charge in [-0.25, -0.2) is 0 Å². The quantitative estimate of drug-likeness (QED) is 0.660. The van der Waals surface area contributed by atoms with Crippen molar-refractivity contribution in [1.29, 1.82) is 0 Å². The molecule has 0 aliphatic rings. The van der Waals surface area contributed by atoms with Crippen molar-refractivity contribution in [3.8, 4) is 0 Å². The lowest BCUT2D eigenvalue weighted by Crippen LogP contribution is -2.04. The zero-order valence-electron chi connectivity index (χ0n) is 8.90. The van der Waals surface area contributed by atoms with E-state index in [9.17, 15) is 8.78 Å². The van der Waals surface area contributed by atoms with E-state index >= 15 is 0 Å². The number of alkyl halides is 2. The van der Waals surface area contributed by atoms with Crippen LogP contribution in [0.2, 0.25) is 0 Å². The van der Waals surface area contributed by atoms with Crippen LogP contribution in [-0.2, 0) is 5.92 Å². The molecule has 2 rings (SSSR count). The molecule has 1 aromatic heterocycles. The van der Waals surface area contributed by atoms with Crippen LogP contribution in [0.15, 0.2) is 34.7 Å². The summed E-state index contributed by atoms with van der Waals surface area (Å²) in [6, 6.07) is 3.88. The third-order valence-electron chi connectivity index (χ3n) is 1.72. The Hall–Kier alpha value is -1.38. The van der Waals surface area contributed by atoms with E-state index in [0.717, 1.165) is 6.92 Å². The molecule has 0 unspecified atom stereocenters. The van der Waals surface area contributed by atoms with E-state index in [2.05, 4.69) is 0 Å². The molecule has 0 aliphatic heterocycles. The molecule has 2 aromatic rings. The van der Waals surface area contributed by atoms with Gasteiger partial charge >= 0.3 is 5.92 Å². The second-order valence-electron chi connectivity index (χ2n) is 2.88. The molecule has 3 heteroatoms. The molecule has 0 aliphatic carbocycles. The van der Waals surface area contributed by atoms with E-state index in [-0.39, 0.29) is 17.7 Å². The Morgan fingerprint density at radius 2 is 2.31 bits per heavy atom. The highest BCUT2D eigenvalue weighted by molar-refractivity contribution is 5.77. The van der Waals surface area contributed by atoms with Crippen molar-refractivity contribution in [2.45, 2.75) is 12.8 Å². The van der Waals surface area contributed by atoms with Gasteiger partial charge in [-0.15, -0.1) is 0 Å².